The predicted molar refractivity (Wildman–Crippen MR) is 56.8 cm³/mol. The summed E-state index contributed by atoms with van der Waals surface area (Å²) in [6.07, 6.45) is 5.73. The minimum atomic E-state index is 0.666. The summed E-state index contributed by atoms with van der Waals surface area (Å²) in [6.45, 7) is 9.51. The Balaban J connectivity index is 2.02. The van der Waals surface area contributed by atoms with Gasteiger partial charge in [0, 0.05) is 18.1 Å². The minimum Gasteiger partial charge on any atom is -0.295 e. The van der Waals surface area contributed by atoms with Gasteiger partial charge in [0.25, 0.3) is 0 Å². The van der Waals surface area contributed by atoms with Crippen LogP contribution < -0.4 is 0 Å². The van der Waals surface area contributed by atoms with Gasteiger partial charge >= 0.3 is 0 Å². The summed E-state index contributed by atoms with van der Waals surface area (Å²) in [6, 6.07) is 2.61. The lowest BCUT2D eigenvalue weighted by atomic mass is 9.63. The van der Waals surface area contributed by atoms with E-state index in [0.717, 1.165) is 18.1 Å². The van der Waals surface area contributed by atoms with Crippen molar-refractivity contribution in [3.05, 3.63) is 0 Å². The van der Waals surface area contributed by atoms with Crippen LogP contribution in [0.5, 0.6) is 0 Å². The number of fused-ring (bicyclic) bond motifs is 2. The van der Waals surface area contributed by atoms with Crippen LogP contribution in [-0.2, 0) is 0 Å². The van der Waals surface area contributed by atoms with Gasteiger partial charge < -0.3 is 0 Å². The highest BCUT2D eigenvalue weighted by atomic mass is 15.3. The smallest absolute Gasteiger partial charge is 0.0121 e. The van der Waals surface area contributed by atoms with E-state index in [-0.39, 0.29) is 0 Å². The lowest BCUT2D eigenvalue weighted by Gasteiger charge is -2.60. The molecule has 2 atom stereocenters. The van der Waals surface area contributed by atoms with E-state index in [9.17, 15) is 0 Å². The average molecular weight is 181 g/mol. The summed E-state index contributed by atoms with van der Waals surface area (Å²) < 4.78 is 0. The van der Waals surface area contributed by atoms with Crippen LogP contribution >= 0.6 is 0 Å². The van der Waals surface area contributed by atoms with Crippen LogP contribution in [0.4, 0.5) is 0 Å². The fourth-order valence-electron chi connectivity index (χ4n) is 3.45. The first-order valence-electron chi connectivity index (χ1n) is 5.83. The summed E-state index contributed by atoms with van der Waals surface area (Å²) in [7, 11) is 0. The van der Waals surface area contributed by atoms with Crippen molar-refractivity contribution in [1.29, 1.82) is 0 Å². The van der Waals surface area contributed by atoms with Gasteiger partial charge in [-0.15, -0.1) is 0 Å². The quantitative estimate of drug-likeness (QED) is 0.633. The molecule has 0 aromatic rings. The van der Waals surface area contributed by atoms with E-state index in [1.165, 1.54) is 25.7 Å². The second kappa shape index (κ2) is 2.98. The maximum Gasteiger partial charge on any atom is 0.0121 e. The van der Waals surface area contributed by atoms with Crippen LogP contribution in [0.1, 0.15) is 53.4 Å². The van der Waals surface area contributed by atoms with E-state index in [2.05, 4.69) is 32.6 Å². The van der Waals surface area contributed by atoms with Gasteiger partial charge in [-0.1, -0.05) is 20.3 Å². The average Bonchev–Trinajstić information content (AvgIpc) is 2.02. The first-order chi connectivity index (χ1) is 6.06. The van der Waals surface area contributed by atoms with Crippen molar-refractivity contribution in [2.24, 2.45) is 5.41 Å². The van der Waals surface area contributed by atoms with Crippen LogP contribution in [0.15, 0.2) is 0 Å². The van der Waals surface area contributed by atoms with E-state index < -0.39 is 0 Å². The number of hydrogen-bond acceptors (Lipinski definition) is 1. The molecule has 2 saturated heterocycles. The zero-order valence-corrected chi connectivity index (χ0v) is 9.51. The summed E-state index contributed by atoms with van der Waals surface area (Å²) in [5.74, 6) is 0. The molecule has 1 aliphatic carbocycles. The topological polar surface area (TPSA) is 3.24 Å². The van der Waals surface area contributed by atoms with Crippen molar-refractivity contribution in [2.45, 2.75) is 71.5 Å². The van der Waals surface area contributed by atoms with E-state index >= 15 is 0 Å². The molecule has 0 aromatic carbocycles. The molecule has 2 aliphatic heterocycles. The zero-order valence-electron chi connectivity index (χ0n) is 9.51. The minimum absolute atomic E-state index is 0.666. The van der Waals surface area contributed by atoms with Crippen molar-refractivity contribution in [3.63, 3.8) is 0 Å². The van der Waals surface area contributed by atoms with Gasteiger partial charge in [0.2, 0.25) is 0 Å². The molecule has 2 heterocycles. The molecule has 1 heteroatoms. The Labute approximate surface area is 82.5 Å². The molecule has 0 N–H and O–H groups in total. The Morgan fingerprint density at radius 1 is 1.31 bits per heavy atom. The van der Waals surface area contributed by atoms with Gasteiger partial charge in [-0.3, -0.25) is 4.90 Å². The van der Waals surface area contributed by atoms with Gasteiger partial charge in [-0.05, 0) is 38.5 Å². The number of hydrogen-bond donors (Lipinski definition) is 0. The molecule has 2 bridgehead atoms. The van der Waals surface area contributed by atoms with Crippen molar-refractivity contribution >= 4 is 0 Å². The molecule has 0 amide bonds. The molecule has 2 unspecified atom stereocenters. The standard InChI is InChI=1S/C12H23N/c1-5-12(4)7-10-6-11(8-12)13(10)9(2)3/h9-11H,5-8H2,1-4H3. The molecule has 76 valence electrons. The van der Waals surface area contributed by atoms with Gasteiger partial charge in [0.1, 0.15) is 0 Å². The Hall–Kier alpha value is -0.0400. The molecule has 1 nitrogen and oxygen atoms in total. The molecule has 13 heavy (non-hydrogen) atoms. The van der Waals surface area contributed by atoms with E-state index in [0.29, 0.717) is 5.41 Å². The SMILES string of the molecule is CCC1(C)CC2CC(C1)N2C(C)C. The second-order valence-electron chi connectivity index (χ2n) is 5.66. The second-order valence-corrected chi connectivity index (χ2v) is 5.66. The van der Waals surface area contributed by atoms with E-state index in [1.807, 2.05) is 0 Å². The maximum atomic E-state index is 2.73. The molecule has 3 aliphatic rings. The molecular formula is C12H23N. The van der Waals surface area contributed by atoms with Crippen molar-refractivity contribution < 1.29 is 0 Å². The first-order valence-corrected chi connectivity index (χ1v) is 5.83. The predicted octanol–water partition coefficient (Wildman–Crippen LogP) is 3.05. The molecule has 3 fully saturated rings. The molecule has 3 rings (SSSR count). The fraction of sp³-hybridized carbons (Fsp3) is 1.00. The number of nitrogens with zero attached hydrogens (tertiary/aromatic N) is 1. The third kappa shape index (κ3) is 1.41. The summed E-state index contributed by atoms with van der Waals surface area (Å²) in [5, 5.41) is 0. The number of piperidine rings is 1. The van der Waals surface area contributed by atoms with Crippen LogP contribution in [0, 0.1) is 5.41 Å². The van der Waals surface area contributed by atoms with Crippen molar-refractivity contribution in [2.75, 3.05) is 0 Å². The van der Waals surface area contributed by atoms with Crippen LogP contribution in [0.2, 0.25) is 0 Å². The van der Waals surface area contributed by atoms with Crippen molar-refractivity contribution in [3.8, 4) is 0 Å². The lowest BCUT2D eigenvalue weighted by molar-refractivity contribution is -0.102. The largest absolute Gasteiger partial charge is 0.295 e. The van der Waals surface area contributed by atoms with Crippen molar-refractivity contribution in [1.82, 2.24) is 4.90 Å². The van der Waals surface area contributed by atoms with Crippen LogP contribution in [0.3, 0.4) is 0 Å². The molecule has 0 aromatic heterocycles. The third-order valence-electron chi connectivity index (χ3n) is 4.29. The van der Waals surface area contributed by atoms with Gasteiger partial charge in [-0.2, -0.15) is 0 Å². The molecule has 0 spiro atoms. The highest BCUT2D eigenvalue weighted by Crippen LogP contribution is 2.50. The van der Waals surface area contributed by atoms with Crippen LogP contribution in [-0.4, -0.2) is 23.0 Å². The Morgan fingerprint density at radius 3 is 2.23 bits per heavy atom. The highest BCUT2D eigenvalue weighted by Gasteiger charge is 2.49. The monoisotopic (exact) mass is 181 g/mol. The fourth-order valence-corrected chi connectivity index (χ4v) is 3.45. The van der Waals surface area contributed by atoms with Gasteiger partial charge in [0.15, 0.2) is 0 Å². The number of rotatable bonds is 2. The lowest BCUT2D eigenvalue weighted by Crippen LogP contribution is -2.64. The Kier molecular flexibility index (Phi) is 2.18. The first kappa shape index (κ1) is 9.51. The highest BCUT2D eigenvalue weighted by molar-refractivity contribution is 5.04. The van der Waals surface area contributed by atoms with Crippen LogP contribution in [0.25, 0.3) is 0 Å². The molecular weight excluding hydrogens is 158 g/mol. The maximum absolute atomic E-state index is 2.73. The normalized spacial score (nSPS) is 45.0. The van der Waals surface area contributed by atoms with Gasteiger partial charge in [0.05, 0.1) is 0 Å². The Bertz CT molecular complexity index is 185. The summed E-state index contributed by atoms with van der Waals surface area (Å²) >= 11 is 0. The Morgan fingerprint density at radius 2 is 1.85 bits per heavy atom. The van der Waals surface area contributed by atoms with E-state index in [4.69, 9.17) is 0 Å². The summed E-state index contributed by atoms with van der Waals surface area (Å²) in [4.78, 5) is 2.73. The third-order valence-corrected chi connectivity index (χ3v) is 4.29. The summed E-state index contributed by atoms with van der Waals surface area (Å²) in [5.41, 5.74) is 0.666. The zero-order chi connectivity index (χ0) is 9.64. The van der Waals surface area contributed by atoms with E-state index in [1.54, 1.807) is 0 Å². The van der Waals surface area contributed by atoms with Gasteiger partial charge in [-0.25, -0.2) is 0 Å². The molecule has 1 saturated carbocycles. The molecule has 0 radical (unpaired) electrons.